The van der Waals surface area contributed by atoms with Crippen molar-refractivity contribution in [3.05, 3.63) is 0 Å². The molecule has 0 saturated heterocycles. The lowest BCUT2D eigenvalue weighted by atomic mass is 9.57. The molecule has 0 radical (unpaired) electrons. The molecule has 2 aliphatic carbocycles. The van der Waals surface area contributed by atoms with Crippen molar-refractivity contribution in [1.82, 2.24) is 0 Å². The Morgan fingerprint density at radius 1 is 1.38 bits per heavy atom. The van der Waals surface area contributed by atoms with Crippen LogP contribution < -0.4 is 5.73 Å². The minimum absolute atomic E-state index is 0.214. The number of rotatable bonds is 1. The molecule has 2 aliphatic rings. The summed E-state index contributed by atoms with van der Waals surface area (Å²) in [5, 5.41) is 0. The fourth-order valence-corrected chi connectivity index (χ4v) is 3.75. The Balaban J connectivity index is 2.15. The summed E-state index contributed by atoms with van der Waals surface area (Å²) in [6.07, 6.45) is 9.41. The van der Waals surface area contributed by atoms with Crippen molar-refractivity contribution in [2.45, 2.75) is 64.3 Å². The molecule has 0 aromatic rings. The minimum Gasteiger partial charge on any atom is -0.325 e. The Kier molecular flexibility index (Phi) is 2.18. The van der Waals surface area contributed by atoms with E-state index in [9.17, 15) is 0 Å². The summed E-state index contributed by atoms with van der Waals surface area (Å²) in [5.41, 5.74) is 7.22. The molecule has 0 aromatic carbocycles. The smallest absolute Gasteiger partial charge is 0.0162 e. The van der Waals surface area contributed by atoms with Crippen LogP contribution in [0.25, 0.3) is 0 Å². The molecule has 1 nitrogen and oxygen atoms in total. The molecule has 0 aliphatic heterocycles. The van der Waals surface area contributed by atoms with E-state index in [1.807, 2.05) is 0 Å². The normalized spacial score (nSPS) is 50.5. The van der Waals surface area contributed by atoms with Crippen LogP contribution in [0, 0.1) is 11.3 Å². The van der Waals surface area contributed by atoms with Crippen molar-refractivity contribution in [3.8, 4) is 0 Å². The Labute approximate surface area is 82.1 Å². The Morgan fingerprint density at radius 2 is 2.15 bits per heavy atom. The van der Waals surface area contributed by atoms with Gasteiger partial charge in [-0.05, 0) is 37.0 Å². The van der Waals surface area contributed by atoms with E-state index in [1.54, 1.807) is 0 Å². The summed E-state index contributed by atoms with van der Waals surface area (Å²) in [5.74, 6) is 0.942. The first kappa shape index (κ1) is 9.51. The van der Waals surface area contributed by atoms with E-state index >= 15 is 0 Å². The van der Waals surface area contributed by atoms with Gasteiger partial charge in [-0.15, -0.1) is 0 Å². The van der Waals surface area contributed by atoms with Crippen molar-refractivity contribution in [3.63, 3.8) is 0 Å². The van der Waals surface area contributed by atoms with Crippen molar-refractivity contribution in [2.24, 2.45) is 17.1 Å². The quantitative estimate of drug-likeness (QED) is 0.661. The maximum Gasteiger partial charge on any atom is 0.0162 e. The van der Waals surface area contributed by atoms with E-state index in [1.165, 1.54) is 44.9 Å². The molecule has 0 spiro atoms. The van der Waals surface area contributed by atoms with E-state index in [4.69, 9.17) is 5.73 Å². The highest BCUT2D eigenvalue weighted by Crippen LogP contribution is 2.50. The van der Waals surface area contributed by atoms with Gasteiger partial charge in [-0.1, -0.05) is 33.1 Å². The lowest BCUT2D eigenvalue weighted by Crippen LogP contribution is -2.52. The highest BCUT2D eigenvalue weighted by Gasteiger charge is 2.44. The Morgan fingerprint density at radius 3 is 2.77 bits per heavy atom. The molecule has 2 bridgehead atoms. The van der Waals surface area contributed by atoms with Gasteiger partial charge in [0.05, 0.1) is 0 Å². The third-order valence-corrected chi connectivity index (χ3v) is 4.40. The molecule has 2 rings (SSSR count). The summed E-state index contributed by atoms with van der Waals surface area (Å²) in [4.78, 5) is 0. The number of hydrogen-bond acceptors (Lipinski definition) is 1. The molecular formula is C12H23N. The average Bonchev–Trinajstić information content (AvgIpc) is 2.01. The molecule has 3 atom stereocenters. The lowest BCUT2D eigenvalue weighted by molar-refractivity contribution is 0.0446. The molecule has 0 amide bonds. The van der Waals surface area contributed by atoms with Crippen LogP contribution >= 0.6 is 0 Å². The van der Waals surface area contributed by atoms with Gasteiger partial charge in [0.15, 0.2) is 0 Å². The monoisotopic (exact) mass is 181 g/mol. The van der Waals surface area contributed by atoms with Gasteiger partial charge in [0.1, 0.15) is 0 Å². The van der Waals surface area contributed by atoms with Crippen LogP contribution in [0.1, 0.15) is 58.8 Å². The number of fused-ring (bicyclic) bond motifs is 2. The second-order valence-electron chi connectivity index (χ2n) is 5.87. The van der Waals surface area contributed by atoms with Crippen molar-refractivity contribution >= 4 is 0 Å². The Bertz CT molecular complexity index is 199. The van der Waals surface area contributed by atoms with Crippen LogP contribution in [0.4, 0.5) is 0 Å². The summed E-state index contributed by atoms with van der Waals surface area (Å²) in [7, 11) is 0. The van der Waals surface area contributed by atoms with Crippen LogP contribution in [-0.4, -0.2) is 5.54 Å². The predicted molar refractivity (Wildman–Crippen MR) is 56.5 cm³/mol. The molecule has 2 fully saturated rings. The fourth-order valence-electron chi connectivity index (χ4n) is 3.75. The third kappa shape index (κ3) is 1.76. The first-order valence-corrected chi connectivity index (χ1v) is 5.84. The lowest BCUT2D eigenvalue weighted by Gasteiger charge is -2.51. The second-order valence-corrected chi connectivity index (χ2v) is 5.87. The van der Waals surface area contributed by atoms with E-state index in [-0.39, 0.29) is 5.54 Å². The van der Waals surface area contributed by atoms with Gasteiger partial charge in [0.2, 0.25) is 0 Å². The van der Waals surface area contributed by atoms with Gasteiger partial charge < -0.3 is 5.73 Å². The van der Waals surface area contributed by atoms with Gasteiger partial charge in [-0.3, -0.25) is 0 Å². The molecule has 2 N–H and O–H groups in total. The highest BCUT2D eigenvalue weighted by molar-refractivity contribution is 5.01. The van der Waals surface area contributed by atoms with Gasteiger partial charge >= 0.3 is 0 Å². The summed E-state index contributed by atoms with van der Waals surface area (Å²) < 4.78 is 0. The number of nitrogens with two attached hydrogens (primary N) is 1. The molecule has 76 valence electrons. The standard InChI is InChI=1S/C12H23N/c1-3-11(2)7-10-5-4-6-12(13,8-10)9-11/h10H,3-9,13H2,1-2H3. The second kappa shape index (κ2) is 2.98. The first-order valence-electron chi connectivity index (χ1n) is 5.84. The third-order valence-electron chi connectivity index (χ3n) is 4.40. The zero-order valence-corrected chi connectivity index (χ0v) is 9.10. The zero-order chi connectivity index (χ0) is 9.53. The SMILES string of the molecule is CCC1(C)CC2CCCC(N)(C2)C1. The predicted octanol–water partition coefficient (Wildman–Crippen LogP) is 3.08. The van der Waals surface area contributed by atoms with Crippen LogP contribution in [0.15, 0.2) is 0 Å². The van der Waals surface area contributed by atoms with E-state index in [0.717, 1.165) is 5.92 Å². The maximum absolute atomic E-state index is 6.45. The van der Waals surface area contributed by atoms with Crippen molar-refractivity contribution in [2.75, 3.05) is 0 Å². The van der Waals surface area contributed by atoms with Gasteiger partial charge in [-0.2, -0.15) is 0 Å². The van der Waals surface area contributed by atoms with Crippen LogP contribution in [0.5, 0.6) is 0 Å². The van der Waals surface area contributed by atoms with Gasteiger partial charge in [0, 0.05) is 5.54 Å². The van der Waals surface area contributed by atoms with E-state index < -0.39 is 0 Å². The van der Waals surface area contributed by atoms with E-state index in [0.29, 0.717) is 5.41 Å². The maximum atomic E-state index is 6.45. The molecule has 0 heterocycles. The van der Waals surface area contributed by atoms with Crippen LogP contribution in [0.3, 0.4) is 0 Å². The largest absolute Gasteiger partial charge is 0.325 e. The topological polar surface area (TPSA) is 26.0 Å². The zero-order valence-electron chi connectivity index (χ0n) is 9.10. The highest BCUT2D eigenvalue weighted by atomic mass is 14.8. The first-order chi connectivity index (χ1) is 6.05. The Hall–Kier alpha value is -0.0400. The molecule has 3 unspecified atom stereocenters. The molecule has 0 aromatic heterocycles. The van der Waals surface area contributed by atoms with Crippen molar-refractivity contribution < 1.29 is 0 Å². The summed E-state index contributed by atoms with van der Waals surface area (Å²) in [6, 6.07) is 0. The minimum atomic E-state index is 0.214. The molecule has 13 heavy (non-hydrogen) atoms. The van der Waals surface area contributed by atoms with Crippen LogP contribution in [-0.2, 0) is 0 Å². The average molecular weight is 181 g/mol. The fraction of sp³-hybridized carbons (Fsp3) is 1.00. The van der Waals surface area contributed by atoms with Gasteiger partial charge in [0.25, 0.3) is 0 Å². The summed E-state index contributed by atoms with van der Waals surface area (Å²) in [6.45, 7) is 4.76. The van der Waals surface area contributed by atoms with E-state index in [2.05, 4.69) is 13.8 Å². The molecular weight excluding hydrogens is 158 g/mol. The van der Waals surface area contributed by atoms with Crippen molar-refractivity contribution in [1.29, 1.82) is 0 Å². The molecule has 2 saturated carbocycles. The van der Waals surface area contributed by atoms with Crippen LogP contribution in [0.2, 0.25) is 0 Å². The number of hydrogen-bond donors (Lipinski definition) is 1. The van der Waals surface area contributed by atoms with Gasteiger partial charge in [-0.25, -0.2) is 0 Å². The summed E-state index contributed by atoms with van der Waals surface area (Å²) >= 11 is 0. The molecule has 1 heteroatoms.